The molecule has 2 aliphatic rings. The van der Waals surface area contributed by atoms with Gasteiger partial charge in [-0.2, -0.15) is 13.2 Å². The quantitative estimate of drug-likeness (QED) is 0.295. The topological polar surface area (TPSA) is 113 Å². The zero-order chi connectivity index (χ0) is 33.4. The van der Waals surface area contributed by atoms with Crippen LogP contribution in [0.1, 0.15) is 53.9 Å². The summed E-state index contributed by atoms with van der Waals surface area (Å²) in [7, 11) is 1.88. The van der Waals surface area contributed by atoms with E-state index in [-0.39, 0.29) is 31.1 Å². The predicted octanol–water partition coefficient (Wildman–Crippen LogP) is 5.32. The minimum absolute atomic E-state index is 0.0171. The molecule has 2 N–H and O–H groups in total. The number of rotatable bonds is 9. The van der Waals surface area contributed by atoms with Crippen LogP contribution in [0, 0.1) is 19.8 Å². The van der Waals surface area contributed by atoms with Gasteiger partial charge in [-0.25, -0.2) is 9.97 Å². The third-order valence-corrected chi connectivity index (χ3v) is 9.51. The fourth-order valence-corrected chi connectivity index (χ4v) is 6.67. The Kier molecular flexibility index (Phi) is 9.60. The average molecular weight is 661 g/mol. The van der Waals surface area contributed by atoms with Crippen molar-refractivity contribution >= 4 is 23.6 Å². The number of aromatic nitrogens is 3. The summed E-state index contributed by atoms with van der Waals surface area (Å²) >= 11 is 1.43. The van der Waals surface area contributed by atoms with Crippen LogP contribution in [-0.4, -0.2) is 77.2 Å². The fourth-order valence-electron chi connectivity index (χ4n) is 5.97. The van der Waals surface area contributed by atoms with Crippen LogP contribution in [0.15, 0.2) is 34.2 Å². The van der Waals surface area contributed by atoms with Crippen molar-refractivity contribution in [3.8, 4) is 22.6 Å². The van der Waals surface area contributed by atoms with Crippen LogP contribution < -0.4 is 25.2 Å². The first-order valence-corrected chi connectivity index (χ1v) is 16.4. The van der Waals surface area contributed by atoms with E-state index in [1.54, 1.807) is 39.2 Å². The van der Waals surface area contributed by atoms with Gasteiger partial charge in [-0.15, -0.1) is 11.8 Å². The van der Waals surface area contributed by atoms with Crippen molar-refractivity contribution in [1.29, 1.82) is 0 Å². The number of hydrogen-bond donors (Lipinski definition) is 2. The number of H-pyrrole nitrogens is 1. The Labute approximate surface area is 270 Å². The van der Waals surface area contributed by atoms with Gasteiger partial charge in [-0.1, -0.05) is 0 Å². The van der Waals surface area contributed by atoms with E-state index in [9.17, 15) is 22.8 Å². The smallest absolute Gasteiger partial charge is 0.401 e. The van der Waals surface area contributed by atoms with Crippen LogP contribution in [0.2, 0.25) is 0 Å². The molecule has 10 nitrogen and oxygen atoms in total. The van der Waals surface area contributed by atoms with Crippen molar-refractivity contribution in [2.45, 2.75) is 63.9 Å². The highest BCUT2D eigenvalue weighted by Gasteiger charge is 2.48. The van der Waals surface area contributed by atoms with Crippen LogP contribution in [0.5, 0.6) is 11.5 Å². The number of hydrogen-bond acceptors (Lipinski definition) is 9. The molecular weight excluding hydrogens is 621 g/mol. The van der Waals surface area contributed by atoms with E-state index < -0.39 is 24.4 Å². The lowest BCUT2D eigenvalue weighted by Gasteiger charge is -2.39. The van der Waals surface area contributed by atoms with Crippen LogP contribution >= 0.6 is 11.8 Å². The standard InChI is InChI=1S/C32H39F3N6O4S/c1-7-40(5)30-37-14-20(15-38-30)23-13-22(28(42)36-16-24-25(46-6)12-18(2)39-29(24)43)19(3)26-27(23)45-31(4,44-26)21-8-10-41(11-9-21)17-32(33,34)35/h12-15,21H,7-11,16-17H2,1-6H3,(H,36,42)(H,39,43)/t31-/m0/s1. The normalized spacial score (nSPS) is 18.5. The number of amides is 1. The molecule has 1 amide bonds. The summed E-state index contributed by atoms with van der Waals surface area (Å²) in [6.07, 6.45) is 1.83. The van der Waals surface area contributed by atoms with Crippen molar-refractivity contribution in [2.24, 2.45) is 5.92 Å². The second kappa shape index (κ2) is 13.1. The molecule has 46 heavy (non-hydrogen) atoms. The second-order valence-corrected chi connectivity index (χ2v) is 12.8. The fraction of sp³-hybridized carbons (Fsp3) is 0.500. The Morgan fingerprint density at radius 2 is 1.83 bits per heavy atom. The Bertz CT molecular complexity index is 1660. The maximum absolute atomic E-state index is 13.7. The van der Waals surface area contributed by atoms with E-state index in [1.165, 1.54) is 16.7 Å². The SMILES string of the molecule is CCN(C)c1ncc(-c2cc(C(=O)NCc3c(SC)cc(C)[nH]c3=O)c(C)c3c2O[C@@](C)(C2CCN(CC(F)(F)F)CC2)O3)cn1. The van der Waals surface area contributed by atoms with E-state index in [4.69, 9.17) is 9.47 Å². The highest BCUT2D eigenvalue weighted by molar-refractivity contribution is 7.98. The van der Waals surface area contributed by atoms with Gasteiger partial charge in [-0.3, -0.25) is 14.5 Å². The second-order valence-electron chi connectivity index (χ2n) is 11.9. The van der Waals surface area contributed by atoms with Crippen LogP contribution in [0.4, 0.5) is 19.1 Å². The van der Waals surface area contributed by atoms with Gasteiger partial charge < -0.3 is 24.7 Å². The largest absolute Gasteiger partial charge is 0.448 e. The number of halogens is 3. The van der Waals surface area contributed by atoms with Crippen molar-refractivity contribution < 1.29 is 27.4 Å². The van der Waals surface area contributed by atoms with Crippen molar-refractivity contribution in [3.05, 3.63) is 57.3 Å². The monoisotopic (exact) mass is 660 g/mol. The molecule has 1 saturated heterocycles. The van der Waals surface area contributed by atoms with Crippen molar-refractivity contribution in [1.82, 2.24) is 25.2 Å². The van der Waals surface area contributed by atoms with Gasteiger partial charge in [0.2, 0.25) is 5.95 Å². The third-order valence-electron chi connectivity index (χ3n) is 8.71. The molecule has 0 radical (unpaired) electrons. The summed E-state index contributed by atoms with van der Waals surface area (Å²) in [6, 6.07) is 3.58. The van der Waals surface area contributed by atoms with Crippen LogP contribution in [0.25, 0.3) is 11.1 Å². The number of anilines is 1. The number of benzene rings is 1. The summed E-state index contributed by atoms with van der Waals surface area (Å²) in [4.78, 5) is 42.3. The van der Waals surface area contributed by atoms with Gasteiger partial charge in [0.25, 0.3) is 17.3 Å². The molecule has 0 unspecified atom stereocenters. The lowest BCUT2D eigenvalue weighted by Crippen LogP contribution is -2.49. The average Bonchev–Trinajstić information content (AvgIpc) is 3.38. The minimum Gasteiger partial charge on any atom is -0.448 e. The number of ether oxygens (including phenoxy) is 2. The van der Waals surface area contributed by atoms with Crippen LogP contribution in [-0.2, 0) is 6.54 Å². The highest BCUT2D eigenvalue weighted by atomic mass is 32.2. The number of pyridine rings is 1. The molecule has 1 atom stereocenters. The number of thioether (sulfide) groups is 1. The summed E-state index contributed by atoms with van der Waals surface area (Å²) in [6.45, 7) is 7.65. The number of nitrogens with one attached hydrogen (secondary N) is 2. The van der Waals surface area contributed by atoms with Gasteiger partial charge >= 0.3 is 6.18 Å². The number of piperidine rings is 1. The van der Waals surface area contributed by atoms with Crippen molar-refractivity contribution in [2.75, 3.05) is 44.4 Å². The molecule has 2 aromatic heterocycles. The Morgan fingerprint density at radius 3 is 2.43 bits per heavy atom. The van der Waals surface area contributed by atoms with Gasteiger partial charge in [0.05, 0.1) is 6.54 Å². The molecule has 248 valence electrons. The number of carbonyl (C=O) groups excluding carboxylic acids is 1. The molecule has 0 saturated carbocycles. The van der Waals surface area contributed by atoms with E-state index in [2.05, 4.69) is 20.3 Å². The molecule has 1 fully saturated rings. The molecule has 14 heteroatoms. The lowest BCUT2D eigenvalue weighted by atomic mass is 9.89. The number of alkyl halides is 3. The minimum atomic E-state index is -4.26. The van der Waals surface area contributed by atoms with E-state index in [0.717, 1.165) is 10.6 Å². The maximum Gasteiger partial charge on any atom is 0.401 e. The highest BCUT2D eigenvalue weighted by Crippen LogP contribution is 2.52. The number of nitrogens with zero attached hydrogens (tertiary/aromatic N) is 4. The first kappa shape index (κ1) is 33.6. The first-order chi connectivity index (χ1) is 21.7. The third kappa shape index (κ3) is 6.97. The molecule has 5 rings (SSSR count). The molecule has 0 spiro atoms. The Balaban J connectivity index is 1.47. The Hall–Kier alpha value is -3.78. The lowest BCUT2D eigenvalue weighted by molar-refractivity contribution is -0.159. The summed E-state index contributed by atoms with van der Waals surface area (Å²) < 4.78 is 52.1. The zero-order valence-corrected chi connectivity index (χ0v) is 27.6. The van der Waals surface area contributed by atoms with Gasteiger partial charge in [0, 0.05) is 83.8 Å². The summed E-state index contributed by atoms with van der Waals surface area (Å²) in [5.74, 6) is -0.413. The van der Waals surface area contributed by atoms with Crippen molar-refractivity contribution in [3.63, 3.8) is 0 Å². The summed E-state index contributed by atoms with van der Waals surface area (Å²) in [5.41, 5.74) is 2.94. The van der Waals surface area contributed by atoms with Crippen LogP contribution in [0.3, 0.4) is 0 Å². The molecule has 0 bridgehead atoms. The molecule has 1 aromatic carbocycles. The molecule has 0 aliphatic carbocycles. The molecule has 3 aromatic rings. The predicted molar refractivity (Wildman–Crippen MR) is 171 cm³/mol. The van der Waals surface area contributed by atoms with E-state index in [0.29, 0.717) is 64.7 Å². The Morgan fingerprint density at radius 1 is 1.17 bits per heavy atom. The van der Waals surface area contributed by atoms with Gasteiger partial charge in [0.1, 0.15) is 0 Å². The zero-order valence-electron chi connectivity index (χ0n) is 26.8. The summed E-state index contributed by atoms with van der Waals surface area (Å²) in [5, 5.41) is 2.90. The number of aromatic amines is 1. The number of likely N-dealkylation sites (tertiary alicyclic amines) is 1. The maximum atomic E-state index is 13.7. The molecule has 4 heterocycles. The van der Waals surface area contributed by atoms with Gasteiger partial charge in [0.15, 0.2) is 11.5 Å². The molecular formula is C32H39F3N6O4S. The first-order valence-electron chi connectivity index (χ1n) is 15.2. The van der Waals surface area contributed by atoms with E-state index >= 15 is 0 Å². The van der Waals surface area contributed by atoms with E-state index in [1.807, 2.05) is 31.2 Å². The number of carbonyl (C=O) groups is 1. The molecule has 2 aliphatic heterocycles. The number of aryl methyl sites for hydroxylation is 1. The van der Waals surface area contributed by atoms with Gasteiger partial charge in [-0.05, 0) is 65.1 Å². The number of fused-ring (bicyclic) bond motifs is 1.